The van der Waals surface area contributed by atoms with Gasteiger partial charge in [0, 0.05) is 6.61 Å². The lowest BCUT2D eigenvalue weighted by atomic mass is 9.91. The molecule has 0 fully saturated rings. The third kappa shape index (κ3) is 1.83. The first-order valence-corrected chi connectivity index (χ1v) is 3.59. The fraction of sp³-hybridized carbons (Fsp3) is 0.750. The Morgan fingerprint density at radius 1 is 1.78 bits per heavy atom. The second-order valence-corrected chi connectivity index (χ2v) is 2.87. The highest BCUT2D eigenvalue weighted by atomic mass is 16.3. The largest absolute Gasteiger partial charge is 0.396 e. The van der Waals surface area contributed by atoms with E-state index in [9.17, 15) is 0 Å². The van der Waals surface area contributed by atoms with E-state index in [-0.39, 0.29) is 0 Å². The minimum atomic E-state index is 0.365. The molecule has 0 saturated carbocycles. The van der Waals surface area contributed by atoms with Crippen LogP contribution in [-0.2, 0) is 0 Å². The molecule has 9 heavy (non-hydrogen) atoms. The number of aliphatic hydroxyl groups excluding tert-OH is 1. The number of hydrogen-bond donors (Lipinski definition) is 1. The summed E-state index contributed by atoms with van der Waals surface area (Å²) in [4.78, 5) is 0. The van der Waals surface area contributed by atoms with Gasteiger partial charge in [-0.15, -0.1) is 0 Å². The van der Waals surface area contributed by atoms with Crippen molar-refractivity contribution in [2.45, 2.75) is 26.2 Å². The van der Waals surface area contributed by atoms with E-state index in [4.69, 9.17) is 5.11 Å². The van der Waals surface area contributed by atoms with Crippen LogP contribution >= 0.6 is 0 Å². The molecular weight excluding hydrogens is 112 g/mol. The van der Waals surface area contributed by atoms with Crippen LogP contribution in [-0.4, -0.2) is 11.7 Å². The van der Waals surface area contributed by atoms with Crippen molar-refractivity contribution in [2.24, 2.45) is 5.92 Å². The van der Waals surface area contributed by atoms with Crippen molar-refractivity contribution in [3.05, 3.63) is 11.6 Å². The second-order valence-electron chi connectivity index (χ2n) is 2.87. The fourth-order valence-electron chi connectivity index (χ4n) is 1.19. The molecule has 1 rings (SSSR count). The summed E-state index contributed by atoms with van der Waals surface area (Å²) in [5, 5.41) is 8.75. The molecule has 0 aromatic rings. The van der Waals surface area contributed by atoms with Gasteiger partial charge in [0.2, 0.25) is 0 Å². The summed E-state index contributed by atoms with van der Waals surface area (Å²) in [7, 11) is 0. The molecule has 1 N–H and O–H groups in total. The predicted molar refractivity (Wildman–Crippen MR) is 38.2 cm³/mol. The Balaban J connectivity index is 2.36. The van der Waals surface area contributed by atoms with Gasteiger partial charge in [-0.3, -0.25) is 0 Å². The quantitative estimate of drug-likeness (QED) is 0.530. The molecule has 0 aromatic heterocycles. The van der Waals surface area contributed by atoms with Gasteiger partial charge in [-0.1, -0.05) is 11.6 Å². The number of rotatable bonds is 1. The van der Waals surface area contributed by atoms with Crippen LogP contribution in [0.2, 0.25) is 0 Å². The molecule has 0 amide bonds. The van der Waals surface area contributed by atoms with Crippen LogP contribution in [0.1, 0.15) is 26.2 Å². The fourth-order valence-corrected chi connectivity index (χ4v) is 1.19. The maximum atomic E-state index is 8.75. The van der Waals surface area contributed by atoms with Crippen LogP contribution in [0.5, 0.6) is 0 Å². The Kier molecular flexibility index (Phi) is 2.29. The van der Waals surface area contributed by atoms with Gasteiger partial charge in [0.1, 0.15) is 0 Å². The first kappa shape index (κ1) is 6.81. The summed E-state index contributed by atoms with van der Waals surface area (Å²) in [5.41, 5.74) is 1.49. The van der Waals surface area contributed by atoms with Gasteiger partial charge in [-0.2, -0.15) is 0 Å². The van der Waals surface area contributed by atoms with Crippen LogP contribution in [0.15, 0.2) is 11.6 Å². The lowest BCUT2D eigenvalue weighted by Gasteiger charge is -2.17. The zero-order valence-electron chi connectivity index (χ0n) is 5.93. The zero-order valence-corrected chi connectivity index (χ0v) is 5.93. The highest BCUT2D eigenvalue weighted by molar-refractivity contribution is 5.02. The van der Waals surface area contributed by atoms with Gasteiger partial charge in [0.05, 0.1) is 0 Å². The van der Waals surface area contributed by atoms with Crippen molar-refractivity contribution in [1.29, 1.82) is 0 Å². The molecule has 1 atom stereocenters. The van der Waals surface area contributed by atoms with E-state index < -0.39 is 0 Å². The molecule has 1 aliphatic rings. The molecule has 0 saturated heterocycles. The van der Waals surface area contributed by atoms with Crippen molar-refractivity contribution in [1.82, 2.24) is 0 Å². The summed E-state index contributed by atoms with van der Waals surface area (Å²) >= 11 is 0. The summed E-state index contributed by atoms with van der Waals surface area (Å²) in [6, 6.07) is 0. The molecule has 0 spiro atoms. The van der Waals surface area contributed by atoms with Crippen molar-refractivity contribution in [3.63, 3.8) is 0 Å². The lowest BCUT2D eigenvalue weighted by molar-refractivity contribution is 0.216. The van der Waals surface area contributed by atoms with Crippen LogP contribution in [0.3, 0.4) is 0 Å². The summed E-state index contributed by atoms with van der Waals surface area (Å²) in [6.45, 7) is 2.53. The molecule has 0 heterocycles. The SMILES string of the molecule is CC1=CC[C@@H](CO)CC1. The standard InChI is InChI=1S/C8H14O/c1-7-2-4-8(6-9)5-3-7/h2,8-9H,3-6H2,1H3/t8-/m1/s1. The minimum Gasteiger partial charge on any atom is -0.396 e. The summed E-state index contributed by atoms with van der Waals surface area (Å²) in [6.07, 6.45) is 5.69. The first-order valence-electron chi connectivity index (χ1n) is 3.59. The van der Waals surface area contributed by atoms with Gasteiger partial charge < -0.3 is 5.11 Å². The Hall–Kier alpha value is -0.300. The lowest BCUT2D eigenvalue weighted by Crippen LogP contribution is -2.08. The molecule has 1 heteroatoms. The number of allylic oxidation sites excluding steroid dienone is 2. The average Bonchev–Trinajstić information content (AvgIpc) is 1.90. The zero-order chi connectivity index (χ0) is 6.69. The third-order valence-electron chi connectivity index (χ3n) is 2.00. The molecule has 1 aliphatic carbocycles. The van der Waals surface area contributed by atoms with E-state index in [0.717, 1.165) is 6.42 Å². The van der Waals surface area contributed by atoms with Crippen molar-refractivity contribution in [3.8, 4) is 0 Å². The van der Waals surface area contributed by atoms with Gasteiger partial charge in [-0.05, 0) is 32.1 Å². The van der Waals surface area contributed by atoms with Crippen molar-refractivity contribution < 1.29 is 5.11 Å². The molecule has 0 aliphatic heterocycles. The molecule has 0 bridgehead atoms. The molecule has 0 unspecified atom stereocenters. The maximum Gasteiger partial charge on any atom is 0.0462 e. The Bertz CT molecular complexity index is 116. The predicted octanol–water partition coefficient (Wildman–Crippen LogP) is 1.73. The van der Waals surface area contributed by atoms with Gasteiger partial charge in [0.15, 0.2) is 0 Å². The minimum absolute atomic E-state index is 0.365. The van der Waals surface area contributed by atoms with E-state index in [1.807, 2.05) is 0 Å². The summed E-state index contributed by atoms with van der Waals surface area (Å²) < 4.78 is 0. The van der Waals surface area contributed by atoms with Gasteiger partial charge in [-0.25, -0.2) is 0 Å². The maximum absolute atomic E-state index is 8.75. The highest BCUT2D eigenvalue weighted by Gasteiger charge is 2.09. The Morgan fingerprint density at radius 3 is 3.00 bits per heavy atom. The Labute approximate surface area is 56.4 Å². The molecule has 1 nitrogen and oxygen atoms in total. The second kappa shape index (κ2) is 3.02. The average molecular weight is 126 g/mol. The smallest absolute Gasteiger partial charge is 0.0462 e. The van der Waals surface area contributed by atoms with Gasteiger partial charge >= 0.3 is 0 Å². The van der Waals surface area contributed by atoms with E-state index in [1.54, 1.807) is 0 Å². The number of hydrogen-bond acceptors (Lipinski definition) is 1. The van der Waals surface area contributed by atoms with E-state index in [0.29, 0.717) is 12.5 Å². The number of aliphatic hydroxyl groups is 1. The van der Waals surface area contributed by atoms with E-state index in [2.05, 4.69) is 13.0 Å². The van der Waals surface area contributed by atoms with Crippen LogP contribution in [0, 0.1) is 5.92 Å². The van der Waals surface area contributed by atoms with E-state index >= 15 is 0 Å². The monoisotopic (exact) mass is 126 g/mol. The van der Waals surface area contributed by atoms with Crippen molar-refractivity contribution >= 4 is 0 Å². The van der Waals surface area contributed by atoms with Gasteiger partial charge in [0.25, 0.3) is 0 Å². The molecular formula is C8H14O. The van der Waals surface area contributed by atoms with Crippen molar-refractivity contribution in [2.75, 3.05) is 6.61 Å². The molecule has 52 valence electrons. The highest BCUT2D eigenvalue weighted by Crippen LogP contribution is 2.21. The van der Waals surface area contributed by atoms with E-state index in [1.165, 1.54) is 18.4 Å². The first-order chi connectivity index (χ1) is 4.33. The van der Waals surface area contributed by atoms with Crippen LogP contribution in [0.4, 0.5) is 0 Å². The van der Waals surface area contributed by atoms with Crippen LogP contribution < -0.4 is 0 Å². The topological polar surface area (TPSA) is 20.2 Å². The summed E-state index contributed by atoms with van der Waals surface area (Å²) in [5.74, 6) is 0.550. The Morgan fingerprint density at radius 2 is 2.56 bits per heavy atom. The normalized spacial score (nSPS) is 27.8. The molecule has 0 radical (unpaired) electrons. The molecule has 0 aromatic carbocycles. The van der Waals surface area contributed by atoms with Crippen LogP contribution in [0.25, 0.3) is 0 Å². The third-order valence-corrected chi connectivity index (χ3v) is 2.00.